The molecule has 0 saturated carbocycles. The van der Waals surface area contributed by atoms with Crippen molar-refractivity contribution in [3.63, 3.8) is 0 Å². The molecule has 0 aliphatic heterocycles. The van der Waals surface area contributed by atoms with Crippen molar-refractivity contribution in [3.8, 4) is 0 Å². The number of aromatic nitrogens is 3. The summed E-state index contributed by atoms with van der Waals surface area (Å²) in [6, 6.07) is 11.4. The number of hydrogen-bond acceptors (Lipinski definition) is 7. The predicted molar refractivity (Wildman–Crippen MR) is 114 cm³/mol. The maximum Gasteiger partial charge on any atom is 0.189 e. The minimum absolute atomic E-state index is 0.351. The van der Waals surface area contributed by atoms with Crippen molar-refractivity contribution in [2.24, 2.45) is 0 Å². The number of rotatable bonds is 4. The smallest absolute Gasteiger partial charge is 0.189 e. The largest absolute Gasteiger partial charge is 0.393 e. The van der Waals surface area contributed by atoms with Crippen molar-refractivity contribution in [1.82, 2.24) is 15.0 Å². The van der Waals surface area contributed by atoms with Crippen molar-refractivity contribution < 1.29 is 0 Å². The van der Waals surface area contributed by atoms with Crippen LogP contribution in [0.2, 0.25) is 10.0 Å². The van der Waals surface area contributed by atoms with Gasteiger partial charge in [-0.25, -0.2) is 15.0 Å². The molecule has 2 aromatic heterocycles. The van der Waals surface area contributed by atoms with E-state index >= 15 is 0 Å². The summed E-state index contributed by atoms with van der Waals surface area (Å²) in [7, 11) is 0. The first kappa shape index (κ1) is 17.8. The normalized spacial score (nSPS) is 10.9. The number of nitrogens with two attached hydrogens (primary N) is 1. The van der Waals surface area contributed by atoms with E-state index in [0.717, 1.165) is 15.8 Å². The zero-order valence-corrected chi connectivity index (χ0v) is 16.5. The van der Waals surface area contributed by atoms with Crippen LogP contribution in [-0.4, -0.2) is 15.0 Å². The van der Waals surface area contributed by atoms with Crippen LogP contribution >= 0.6 is 34.5 Å². The molecule has 0 unspecified atom stereocenters. The quantitative estimate of drug-likeness (QED) is 0.391. The SMILES string of the molecule is Cc1cccc2sc(Nc3ncnc(Nc4cccc(Cl)c4Cl)c3N)nc12. The van der Waals surface area contributed by atoms with E-state index in [1.807, 2.05) is 25.1 Å². The summed E-state index contributed by atoms with van der Waals surface area (Å²) in [5, 5.41) is 7.81. The monoisotopic (exact) mass is 416 g/mol. The molecule has 2 heterocycles. The second-order valence-electron chi connectivity index (χ2n) is 5.78. The van der Waals surface area contributed by atoms with Crippen LogP contribution in [0.1, 0.15) is 5.56 Å². The first-order valence-electron chi connectivity index (χ1n) is 7.97. The number of fused-ring (bicyclic) bond motifs is 1. The molecule has 136 valence electrons. The van der Waals surface area contributed by atoms with Crippen LogP contribution in [0.5, 0.6) is 0 Å². The van der Waals surface area contributed by atoms with Crippen LogP contribution in [-0.2, 0) is 0 Å². The number of nitrogen functional groups attached to an aromatic ring is 1. The Morgan fingerprint density at radius 1 is 1.00 bits per heavy atom. The lowest BCUT2D eigenvalue weighted by molar-refractivity contribution is 1.17. The average molecular weight is 417 g/mol. The van der Waals surface area contributed by atoms with E-state index < -0.39 is 0 Å². The number of hydrogen-bond donors (Lipinski definition) is 3. The third-order valence-corrected chi connectivity index (χ3v) is 5.69. The third-order valence-electron chi connectivity index (χ3n) is 3.93. The van der Waals surface area contributed by atoms with Gasteiger partial charge in [-0.3, -0.25) is 0 Å². The van der Waals surface area contributed by atoms with Crippen LogP contribution < -0.4 is 16.4 Å². The number of aryl methyl sites for hydroxylation is 1. The van der Waals surface area contributed by atoms with Crippen LogP contribution in [0.3, 0.4) is 0 Å². The Hall–Kier alpha value is -2.61. The fraction of sp³-hybridized carbons (Fsp3) is 0.0556. The Morgan fingerprint density at radius 3 is 2.52 bits per heavy atom. The molecule has 0 fully saturated rings. The zero-order chi connectivity index (χ0) is 19.0. The number of para-hydroxylation sites is 1. The van der Waals surface area contributed by atoms with Gasteiger partial charge in [0.05, 0.1) is 25.9 Å². The lowest BCUT2D eigenvalue weighted by Crippen LogP contribution is -2.05. The Labute approximate surface area is 169 Å². The van der Waals surface area contributed by atoms with Gasteiger partial charge in [0, 0.05) is 0 Å². The molecule has 0 bridgehead atoms. The second-order valence-corrected chi connectivity index (χ2v) is 7.59. The first-order valence-corrected chi connectivity index (χ1v) is 9.55. The van der Waals surface area contributed by atoms with Gasteiger partial charge < -0.3 is 16.4 Å². The summed E-state index contributed by atoms with van der Waals surface area (Å²) in [4.78, 5) is 13.0. The lowest BCUT2D eigenvalue weighted by Gasteiger charge is -2.12. The van der Waals surface area contributed by atoms with Gasteiger partial charge in [0.15, 0.2) is 16.8 Å². The highest BCUT2D eigenvalue weighted by molar-refractivity contribution is 7.22. The summed E-state index contributed by atoms with van der Waals surface area (Å²) >= 11 is 13.8. The molecule has 0 atom stereocenters. The van der Waals surface area contributed by atoms with Crippen molar-refractivity contribution >= 4 is 72.9 Å². The summed E-state index contributed by atoms with van der Waals surface area (Å²) < 4.78 is 1.09. The average Bonchev–Trinajstić information content (AvgIpc) is 3.06. The molecule has 2 aromatic carbocycles. The predicted octanol–water partition coefficient (Wildman–Crippen LogP) is 5.77. The highest BCUT2D eigenvalue weighted by Crippen LogP contribution is 2.35. The first-order chi connectivity index (χ1) is 13.0. The summed E-state index contributed by atoms with van der Waals surface area (Å²) in [5.41, 5.74) is 9.28. The molecule has 0 aliphatic rings. The molecule has 4 rings (SSSR count). The molecule has 0 amide bonds. The minimum Gasteiger partial charge on any atom is -0.393 e. The molecular formula is C18H14Cl2N6S. The third kappa shape index (κ3) is 3.49. The summed E-state index contributed by atoms with van der Waals surface area (Å²) in [6.07, 6.45) is 1.41. The summed E-state index contributed by atoms with van der Waals surface area (Å²) in [6.45, 7) is 2.03. The van der Waals surface area contributed by atoms with Crippen LogP contribution in [0.15, 0.2) is 42.7 Å². The minimum atomic E-state index is 0.351. The number of thiazole rings is 1. The number of nitrogens with zero attached hydrogens (tertiary/aromatic N) is 3. The molecule has 0 radical (unpaired) electrons. The Morgan fingerprint density at radius 2 is 1.74 bits per heavy atom. The fourth-order valence-electron chi connectivity index (χ4n) is 2.56. The van der Waals surface area contributed by atoms with Crippen LogP contribution in [0, 0.1) is 6.92 Å². The Bertz CT molecular complexity index is 1140. The van der Waals surface area contributed by atoms with Gasteiger partial charge in [-0.05, 0) is 30.7 Å². The molecule has 4 N–H and O–H groups in total. The Kier molecular flexibility index (Phi) is 4.73. The van der Waals surface area contributed by atoms with E-state index in [0.29, 0.717) is 38.2 Å². The van der Waals surface area contributed by atoms with E-state index in [1.165, 1.54) is 17.7 Å². The standard InChI is InChI=1S/C18H14Cl2N6S/c1-9-4-2-7-12-15(9)25-18(27-12)26-17-14(21)16(22-8-23-17)24-11-6-3-5-10(19)13(11)20/h2-8H,21H2,1H3,(H2,22,23,24,25,26). The zero-order valence-electron chi connectivity index (χ0n) is 14.1. The highest BCUT2D eigenvalue weighted by Gasteiger charge is 2.13. The van der Waals surface area contributed by atoms with E-state index in [9.17, 15) is 0 Å². The van der Waals surface area contributed by atoms with Crippen molar-refractivity contribution in [3.05, 3.63) is 58.3 Å². The van der Waals surface area contributed by atoms with Gasteiger partial charge in [-0.15, -0.1) is 0 Å². The molecular weight excluding hydrogens is 403 g/mol. The fourth-order valence-corrected chi connectivity index (χ4v) is 3.85. The van der Waals surface area contributed by atoms with Gasteiger partial charge in [-0.2, -0.15) is 0 Å². The molecule has 0 saturated heterocycles. The molecule has 4 aromatic rings. The van der Waals surface area contributed by atoms with Crippen LogP contribution in [0.25, 0.3) is 10.2 Å². The molecule has 6 nitrogen and oxygen atoms in total. The van der Waals surface area contributed by atoms with Gasteiger partial charge in [-0.1, -0.05) is 52.7 Å². The molecule has 0 aliphatic carbocycles. The van der Waals surface area contributed by atoms with E-state index in [2.05, 4.69) is 25.6 Å². The summed E-state index contributed by atoms with van der Waals surface area (Å²) in [5.74, 6) is 0.885. The Balaban J connectivity index is 1.65. The van der Waals surface area contributed by atoms with Gasteiger partial charge in [0.2, 0.25) is 0 Å². The number of anilines is 5. The molecule has 9 heteroatoms. The lowest BCUT2D eigenvalue weighted by atomic mass is 10.2. The second kappa shape index (κ2) is 7.19. The molecule has 0 spiro atoms. The van der Waals surface area contributed by atoms with Crippen molar-refractivity contribution in [2.75, 3.05) is 16.4 Å². The number of benzene rings is 2. The number of halogens is 2. The van der Waals surface area contributed by atoms with Crippen molar-refractivity contribution in [1.29, 1.82) is 0 Å². The van der Waals surface area contributed by atoms with Gasteiger partial charge in [0.25, 0.3) is 0 Å². The topological polar surface area (TPSA) is 88.8 Å². The van der Waals surface area contributed by atoms with Gasteiger partial charge in [0.1, 0.15) is 12.0 Å². The van der Waals surface area contributed by atoms with Crippen LogP contribution in [0.4, 0.5) is 28.1 Å². The van der Waals surface area contributed by atoms with Gasteiger partial charge >= 0.3 is 0 Å². The van der Waals surface area contributed by atoms with E-state index in [4.69, 9.17) is 28.9 Å². The van der Waals surface area contributed by atoms with E-state index in [-0.39, 0.29) is 0 Å². The van der Waals surface area contributed by atoms with E-state index in [1.54, 1.807) is 18.2 Å². The number of nitrogens with one attached hydrogen (secondary N) is 2. The molecule has 27 heavy (non-hydrogen) atoms. The van der Waals surface area contributed by atoms with Crippen molar-refractivity contribution in [2.45, 2.75) is 6.92 Å². The maximum atomic E-state index is 6.24. The maximum absolute atomic E-state index is 6.24. The highest BCUT2D eigenvalue weighted by atomic mass is 35.5.